The van der Waals surface area contributed by atoms with Gasteiger partial charge in [-0.1, -0.05) is 12.1 Å². The van der Waals surface area contributed by atoms with E-state index < -0.39 is 16.1 Å². The predicted molar refractivity (Wildman–Crippen MR) is 104 cm³/mol. The van der Waals surface area contributed by atoms with Gasteiger partial charge in [-0.05, 0) is 36.8 Å². The van der Waals surface area contributed by atoms with Gasteiger partial charge in [0.1, 0.15) is 29.0 Å². The molecule has 0 fully saturated rings. The Bertz CT molecular complexity index is 1030. The van der Waals surface area contributed by atoms with Crippen molar-refractivity contribution in [3.63, 3.8) is 0 Å². The van der Waals surface area contributed by atoms with E-state index in [9.17, 15) is 8.42 Å². The second-order valence-corrected chi connectivity index (χ2v) is 8.11. The third-order valence-electron chi connectivity index (χ3n) is 4.63. The van der Waals surface area contributed by atoms with Crippen molar-refractivity contribution in [1.29, 1.82) is 0 Å². The van der Waals surface area contributed by atoms with E-state index in [0.717, 1.165) is 11.3 Å². The van der Waals surface area contributed by atoms with Crippen molar-refractivity contribution in [1.82, 2.24) is 19.1 Å². The van der Waals surface area contributed by atoms with Crippen LogP contribution in [0.15, 0.2) is 60.0 Å². The third-order valence-corrected chi connectivity index (χ3v) is 6.58. The Labute approximate surface area is 164 Å². The van der Waals surface area contributed by atoms with Gasteiger partial charge in [-0.25, -0.2) is 18.1 Å². The molecule has 1 atom stereocenters. The molecule has 148 valence electrons. The second kappa shape index (κ2) is 7.99. The standard InChI is InChI=1S/C19H22N4O4S/c1-14(15-5-7-16(8-6-15)23-13-20-12-21-23)22(2)28(24,25)19-11-17(26-3)9-10-18(19)27-4/h5-14H,1-4H3/t14-/m1/s1. The van der Waals surface area contributed by atoms with E-state index in [4.69, 9.17) is 9.47 Å². The van der Waals surface area contributed by atoms with E-state index in [-0.39, 0.29) is 10.6 Å². The largest absolute Gasteiger partial charge is 0.497 e. The molecule has 9 heteroatoms. The zero-order valence-corrected chi connectivity index (χ0v) is 16.9. The molecule has 2 aromatic carbocycles. The van der Waals surface area contributed by atoms with Crippen LogP contribution >= 0.6 is 0 Å². The van der Waals surface area contributed by atoms with Crippen molar-refractivity contribution >= 4 is 10.0 Å². The van der Waals surface area contributed by atoms with Gasteiger partial charge in [-0.3, -0.25) is 0 Å². The Morgan fingerprint density at radius 1 is 1.07 bits per heavy atom. The lowest BCUT2D eigenvalue weighted by molar-refractivity contribution is 0.376. The summed E-state index contributed by atoms with van der Waals surface area (Å²) in [5, 5.41) is 4.08. The molecule has 0 saturated heterocycles. The zero-order chi connectivity index (χ0) is 20.3. The fourth-order valence-electron chi connectivity index (χ4n) is 2.81. The molecule has 0 N–H and O–H groups in total. The first-order valence-electron chi connectivity index (χ1n) is 8.53. The Morgan fingerprint density at radius 3 is 2.36 bits per heavy atom. The van der Waals surface area contributed by atoms with Gasteiger partial charge in [0, 0.05) is 19.2 Å². The van der Waals surface area contributed by atoms with Gasteiger partial charge < -0.3 is 9.47 Å². The number of methoxy groups -OCH3 is 2. The number of ether oxygens (including phenoxy) is 2. The molecule has 3 rings (SSSR count). The third kappa shape index (κ3) is 3.71. The van der Waals surface area contributed by atoms with Crippen LogP contribution in [0.4, 0.5) is 0 Å². The monoisotopic (exact) mass is 402 g/mol. The van der Waals surface area contributed by atoms with Crippen LogP contribution in [0, 0.1) is 0 Å². The molecule has 8 nitrogen and oxygen atoms in total. The normalized spacial score (nSPS) is 12.8. The van der Waals surface area contributed by atoms with Crippen LogP contribution in [0.1, 0.15) is 18.5 Å². The molecule has 0 amide bonds. The minimum absolute atomic E-state index is 0.0583. The van der Waals surface area contributed by atoms with Gasteiger partial charge in [0.15, 0.2) is 0 Å². The lowest BCUT2D eigenvalue weighted by atomic mass is 10.1. The van der Waals surface area contributed by atoms with Crippen molar-refractivity contribution in [2.45, 2.75) is 17.9 Å². The number of benzene rings is 2. The summed E-state index contributed by atoms with van der Waals surface area (Å²) in [7, 11) is 0.657. The van der Waals surface area contributed by atoms with Crippen LogP contribution in [0.2, 0.25) is 0 Å². The maximum Gasteiger partial charge on any atom is 0.247 e. The minimum Gasteiger partial charge on any atom is -0.497 e. The first-order valence-corrected chi connectivity index (χ1v) is 9.97. The van der Waals surface area contributed by atoms with Gasteiger partial charge in [-0.15, -0.1) is 0 Å². The molecule has 0 spiro atoms. The zero-order valence-electron chi connectivity index (χ0n) is 16.1. The number of rotatable bonds is 7. The maximum absolute atomic E-state index is 13.2. The number of sulfonamides is 1. The Hall–Kier alpha value is -2.91. The van der Waals surface area contributed by atoms with Crippen molar-refractivity contribution in [2.75, 3.05) is 21.3 Å². The maximum atomic E-state index is 13.2. The fourth-order valence-corrected chi connectivity index (χ4v) is 4.32. The summed E-state index contributed by atoms with van der Waals surface area (Å²) in [6.07, 6.45) is 3.06. The van der Waals surface area contributed by atoms with Gasteiger partial charge in [0.05, 0.1) is 19.9 Å². The van der Waals surface area contributed by atoms with Crippen LogP contribution in [0.5, 0.6) is 11.5 Å². The summed E-state index contributed by atoms with van der Waals surface area (Å²) >= 11 is 0. The molecular weight excluding hydrogens is 380 g/mol. The van der Waals surface area contributed by atoms with Crippen LogP contribution in [0.3, 0.4) is 0 Å². The minimum atomic E-state index is -3.81. The topological polar surface area (TPSA) is 86.5 Å². The molecule has 0 radical (unpaired) electrons. The molecular formula is C19H22N4O4S. The highest BCUT2D eigenvalue weighted by Crippen LogP contribution is 2.33. The summed E-state index contributed by atoms with van der Waals surface area (Å²) in [6.45, 7) is 1.83. The molecule has 1 heterocycles. The highest BCUT2D eigenvalue weighted by Gasteiger charge is 2.29. The number of hydrogen-bond acceptors (Lipinski definition) is 6. The van der Waals surface area contributed by atoms with Crippen molar-refractivity contribution in [3.8, 4) is 17.2 Å². The molecule has 0 aliphatic carbocycles. The number of nitrogens with zero attached hydrogens (tertiary/aromatic N) is 4. The van der Waals surface area contributed by atoms with Crippen LogP contribution < -0.4 is 9.47 Å². The van der Waals surface area contributed by atoms with Crippen LogP contribution in [0.25, 0.3) is 5.69 Å². The van der Waals surface area contributed by atoms with E-state index in [2.05, 4.69) is 10.1 Å². The Morgan fingerprint density at radius 2 is 1.79 bits per heavy atom. The van der Waals surface area contributed by atoms with Crippen LogP contribution in [-0.4, -0.2) is 48.8 Å². The fraction of sp³-hybridized carbons (Fsp3) is 0.263. The summed E-state index contributed by atoms with van der Waals surface area (Å²) in [5.74, 6) is 0.707. The van der Waals surface area contributed by atoms with E-state index in [0.29, 0.717) is 5.75 Å². The van der Waals surface area contributed by atoms with Gasteiger partial charge in [-0.2, -0.15) is 9.40 Å². The summed E-state index contributed by atoms with van der Waals surface area (Å²) in [6, 6.07) is 11.8. The Kier molecular flexibility index (Phi) is 5.66. The SMILES string of the molecule is COc1ccc(OC)c(S(=O)(=O)N(C)[C@H](C)c2ccc(-n3cncn3)cc2)c1. The van der Waals surface area contributed by atoms with Gasteiger partial charge in [0.25, 0.3) is 0 Å². The quantitative estimate of drug-likeness (QED) is 0.604. The molecule has 3 aromatic rings. The first-order chi connectivity index (χ1) is 13.4. The average Bonchev–Trinajstić information content (AvgIpc) is 3.27. The molecule has 0 saturated carbocycles. The molecule has 0 bridgehead atoms. The molecule has 1 aromatic heterocycles. The van der Waals surface area contributed by atoms with E-state index in [1.807, 2.05) is 31.2 Å². The number of aromatic nitrogens is 3. The summed E-state index contributed by atoms with van der Waals surface area (Å²) in [5.41, 5.74) is 1.69. The van der Waals surface area contributed by atoms with Gasteiger partial charge in [0.2, 0.25) is 10.0 Å². The first kappa shape index (κ1) is 19.8. The average molecular weight is 402 g/mol. The van der Waals surface area contributed by atoms with Crippen LogP contribution in [-0.2, 0) is 10.0 Å². The Balaban J connectivity index is 1.91. The van der Waals surface area contributed by atoms with E-state index >= 15 is 0 Å². The number of hydrogen-bond donors (Lipinski definition) is 0. The highest BCUT2D eigenvalue weighted by molar-refractivity contribution is 7.89. The molecule has 0 aliphatic rings. The molecule has 0 aliphatic heterocycles. The highest BCUT2D eigenvalue weighted by atomic mass is 32.2. The van der Waals surface area contributed by atoms with E-state index in [1.165, 1.54) is 30.9 Å². The lowest BCUT2D eigenvalue weighted by Gasteiger charge is -2.25. The summed E-state index contributed by atoms with van der Waals surface area (Å²) in [4.78, 5) is 3.98. The predicted octanol–water partition coefficient (Wildman–Crippen LogP) is 2.67. The lowest BCUT2D eigenvalue weighted by Crippen LogP contribution is -2.30. The smallest absolute Gasteiger partial charge is 0.247 e. The van der Waals surface area contributed by atoms with Gasteiger partial charge >= 0.3 is 0 Å². The van der Waals surface area contributed by atoms with Crippen molar-refractivity contribution < 1.29 is 17.9 Å². The second-order valence-electron chi connectivity index (χ2n) is 6.15. The summed E-state index contributed by atoms with van der Waals surface area (Å²) < 4.78 is 39.8. The van der Waals surface area contributed by atoms with E-state index in [1.54, 1.807) is 30.2 Å². The van der Waals surface area contributed by atoms with Crippen molar-refractivity contribution in [3.05, 3.63) is 60.7 Å². The molecule has 0 unspecified atom stereocenters. The molecule has 28 heavy (non-hydrogen) atoms. The van der Waals surface area contributed by atoms with Crippen molar-refractivity contribution in [2.24, 2.45) is 0 Å².